The predicted molar refractivity (Wildman–Crippen MR) is 42.1 cm³/mol. The highest BCUT2D eigenvalue weighted by atomic mass is 35.5. The van der Waals surface area contributed by atoms with Crippen LogP contribution in [0.1, 0.15) is 0 Å². The van der Waals surface area contributed by atoms with Crippen LogP contribution >= 0.6 is 23.2 Å². The lowest BCUT2D eigenvalue weighted by atomic mass is 10.6. The van der Waals surface area contributed by atoms with Crippen molar-refractivity contribution in [1.29, 1.82) is 0 Å². The van der Waals surface area contributed by atoms with Gasteiger partial charge in [-0.05, 0) is 0 Å². The first-order chi connectivity index (χ1) is 6.24. The summed E-state index contributed by atoms with van der Waals surface area (Å²) >= 11 is 11.2. The van der Waals surface area contributed by atoms with Crippen LogP contribution in [0.15, 0.2) is 0 Å². The summed E-state index contributed by atoms with van der Waals surface area (Å²) in [4.78, 5) is 9.60. The van der Waals surface area contributed by atoms with Gasteiger partial charge >= 0.3 is 11.9 Å². The smallest absolute Gasteiger partial charge is 0.322 e. The summed E-state index contributed by atoms with van der Waals surface area (Å²) in [5.41, 5.74) is 0. The molecule has 0 aromatic rings. The summed E-state index contributed by atoms with van der Waals surface area (Å²) in [6.07, 6.45) is 0. The minimum absolute atomic E-state index is 0.0189. The Labute approximate surface area is 84.7 Å². The Bertz CT molecular complexity index is 183. The predicted octanol–water partition coefficient (Wildman–Crippen LogP) is 0.797. The number of ether oxygens (including phenoxy) is 3. The van der Waals surface area contributed by atoms with Gasteiger partial charge in [-0.25, -0.2) is 0 Å². The minimum atomic E-state index is -1.38. The maximum absolute atomic E-state index is 5.60. The summed E-state index contributed by atoms with van der Waals surface area (Å²) in [6, 6.07) is 0. The lowest BCUT2D eigenvalue weighted by molar-refractivity contribution is -0.439. The molecule has 0 radical (unpaired) electrons. The second kappa shape index (κ2) is 3.51. The highest BCUT2D eigenvalue weighted by Crippen LogP contribution is 2.38. The number of rotatable bonds is 2. The van der Waals surface area contributed by atoms with Crippen LogP contribution in [-0.2, 0) is 24.0 Å². The van der Waals surface area contributed by atoms with Crippen molar-refractivity contribution in [2.45, 2.75) is 11.9 Å². The molecule has 2 bridgehead atoms. The van der Waals surface area contributed by atoms with E-state index in [0.717, 1.165) is 0 Å². The summed E-state index contributed by atoms with van der Waals surface area (Å²) in [7, 11) is 0. The molecule has 76 valence electrons. The summed E-state index contributed by atoms with van der Waals surface area (Å²) < 4.78 is 15.6. The standard InChI is InChI=1S/C6H8Cl2O5/c7-3-5-9-1-2-10-6(4-8,11-5)13-12-5/h1-4H2. The van der Waals surface area contributed by atoms with Gasteiger partial charge in [0.25, 0.3) is 0 Å². The Balaban J connectivity index is 2.17. The van der Waals surface area contributed by atoms with Crippen LogP contribution in [-0.4, -0.2) is 36.9 Å². The zero-order valence-corrected chi connectivity index (χ0v) is 8.14. The largest absolute Gasteiger partial charge is 0.330 e. The van der Waals surface area contributed by atoms with E-state index in [2.05, 4.69) is 0 Å². The van der Waals surface area contributed by atoms with Crippen LogP contribution in [0.3, 0.4) is 0 Å². The van der Waals surface area contributed by atoms with Gasteiger partial charge in [-0.1, -0.05) is 0 Å². The van der Waals surface area contributed by atoms with E-state index in [4.69, 9.17) is 47.2 Å². The topological polar surface area (TPSA) is 46.2 Å². The van der Waals surface area contributed by atoms with Gasteiger partial charge in [0.15, 0.2) is 0 Å². The van der Waals surface area contributed by atoms with Crippen molar-refractivity contribution in [3.05, 3.63) is 0 Å². The third-order valence-corrected chi connectivity index (χ3v) is 2.32. The normalized spacial score (nSPS) is 44.8. The molecule has 5 nitrogen and oxygen atoms in total. The number of alkyl halides is 2. The Morgan fingerprint density at radius 2 is 1.38 bits per heavy atom. The van der Waals surface area contributed by atoms with Gasteiger partial charge in [-0.3, -0.25) is 4.74 Å². The first kappa shape index (κ1) is 9.92. The molecule has 2 atom stereocenters. The maximum Gasteiger partial charge on any atom is 0.330 e. The molecule has 2 heterocycles. The van der Waals surface area contributed by atoms with Crippen molar-refractivity contribution in [3.63, 3.8) is 0 Å². The first-order valence-electron chi connectivity index (χ1n) is 3.71. The molecule has 0 aromatic carbocycles. The molecule has 7 heteroatoms. The van der Waals surface area contributed by atoms with Gasteiger partial charge < -0.3 is 9.47 Å². The van der Waals surface area contributed by atoms with Crippen molar-refractivity contribution in [2.24, 2.45) is 0 Å². The maximum atomic E-state index is 5.60. The lowest BCUT2D eigenvalue weighted by Crippen LogP contribution is -2.39. The van der Waals surface area contributed by atoms with Gasteiger partial charge in [-0.2, -0.15) is 9.78 Å². The molecule has 0 aliphatic carbocycles. The second-order valence-corrected chi connectivity index (χ2v) is 3.13. The van der Waals surface area contributed by atoms with Crippen LogP contribution in [0.5, 0.6) is 0 Å². The van der Waals surface area contributed by atoms with Crippen molar-refractivity contribution in [2.75, 3.05) is 25.0 Å². The van der Waals surface area contributed by atoms with Crippen LogP contribution in [0.4, 0.5) is 0 Å². The molecule has 2 aliphatic heterocycles. The van der Waals surface area contributed by atoms with Crippen LogP contribution < -0.4 is 0 Å². The number of hydrogen-bond acceptors (Lipinski definition) is 5. The highest BCUT2D eigenvalue weighted by Gasteiger charge is 2.56. The Kier molecular flexibility index (Phi) is 2.68. The molecule has 2 aliphatic rings. The van der Waals surface area contributed by atoms with E-state index in [-0.39, 0.29) is 11.8 Å². The summed E-state index contributed by atoms with van der Waals surface area (Å²) in [5.74, 6) is -2.80. The molecule has 2 saturated heterocycles. The SMILES string of the molecule is ClCC12OCCOC(CCl)(OO1)O2. The lowest BCUT2D eigenvalue weighted by Gasteiger charge is -2.20. The third kappa shape index (κ3) is 1.66. The van der Waals surface area contributed by atoms with E-state index in [1.165, 1.54) is 0 Å². The van der Waals surface area contributed by atoms with Crippen molar-refractivity contribution >= 4 is 23.2 Å². The highest BCUT2D eigenvalue weighted by molar-refractivity contribution is 6.18. The molecule has 2 rings (SSSR count). The van der Waals surface area contributed by atoms with Crippen molar-refractivity contribution in [3.8, 4) is 0 Å². The van der Waals surface area contributed by atoms with Gasteiger partial charge in [0, 0.05) is 0 Å². The molecule has 2 unspecified atom stereocenters. The average molecular weight is 231 g/mol. The molecule has 13 heavy (non-hydrogen) atoms. The molecular formula is C6H8Cl2O5. The monoisotopic (exact) mass is 230 g/mol. The van der Waals surface area contributed by atoms with Crippen molar-refractivity contribution in [1.82, 2.24) is 0 Å². The Hall–Kier alpha value is 0.380. The number of fused-ring (bicyclic) bond motifs is 2. The van der Waals surface area contributed by atoms with Gasteiger partial charge in [0.1, 0.15) is 11.8 Å². The zero-order valence-electron chi connectivity index (χ0n) is 6.63. The number of hydrogen-bond donors (Lipinski definition) is 0. The molecule has 0 amide bonds. The molecule has 0 N–H and O–H groups in total. The number of halogens is 2. The van der Waals surface area contributed by atoms with Gasteiger partial charge in [0.2, 0.25) is 0 Å². The van der Waals surface area contributed by atoms with Crippen LogP contribution in [0, 0.1) is 0 Å². The van der Waals surface area contributed by atoms with E-state index in [9.17, 15) is 0 Å². The zero-order chi connectivity index (χ0) is 9.36. The fourth-order valence-electron chi connectivity index (χ4n) is 1.08. The van der Waals surface area contributed by atoms with E-state index < -0.39 is 11.9 Å². The average Bonchev–Trinajstić information content (AvgIpc) is 2.41. The molecule has 2 fully saturated rings. The van der Waals surface area contributed by atoms with Crippen LogP contribution in [0.25, 0.3) is 0 Å². The van der Waals surface area contributed by atoms with E-state index in [1.807, 2.05) is 0 Å². The quantitative estimate of drug-likeness (QED) is 0.519. The summed E-state index contributed by atoms with van der Waals surface area (Å²) in [5, 5.41) is 0. The van der Waals surface area contributed by atoms with E-state index in [0.29, 0.717) is 13.2 Å². The molecular weight excluding hydrogens is 223 g/mol. The van der Waals surface area contributed by atoms with E-state index >= 15 is 0 Å². The van der Waals surface area contributed by atoms with Gasteiger partial charge in [0.05, 0.1) is 13.2 Å². The fraction of sp³-hybridized carbons (Fsp3) is 1.00. The van der Waals surface area contributed by atoms with Gasteiger partial charge in [-0.15, -0.1) is 23.2 Å². The molecule has 0 spiro atoms. The first-order valence-corrected chi connectivity index (χ1v) is 4.78. The molecule has 0 aromatic heterocycles. The van der Waals surface area contributed by atoms with Crippen LogP contribution in [0.2, 0.25) is 0 Å². The Morgan fingerprint density at radius 1 is 0.923 bits per heavy atom. The fourth-order valence-corrected chi connectivity index (χ4v) is 1.43. The molecule has 0 saturated carbocycles. The van der Waals surface area contributed by atoms with Crippen molar-refractivity contribution < 1.29 is 24.0 Å². The minimum Gasteiger partial charge on any atom is -0.322 e. The summed E-state index contributed by atoms with van der Waals surface area (Å²) in [6.45, 7) is 0.628. The van der Waals surface area contributed by atoms with E-state index in [1.54, 1.807) is 0 Å². The Morgan fingerprint density at radius 3 is 1.77 bits per heavy atom. The second-order valence-electron chi connectivity index (χ2n) is 2.60. The third-order valence-electron chi connectivity index (χ3n) is 1.66.